The molecule has 3 rings (SSSR count). The molecule has 0 radical (unpaired) electrons. The quantitative estimate of drug-likeness (QED) is 0.639. The fourth-order valence-corrected chi connectivity index (χ4v) is 3.21. The molecule has 1 fully saturated rings. The summed E-state index contributed by atoms with van der Waals surface area (Å²) in [5.74, 6) is -0.827. The third kappa shape index (κ3) is 3.40. The number of aromatic nitrogens is 1. The molecule has 1 heterocycles. The Bertz CT molecular complexity index is 850. The van der Waals surface area contributed by atoms with E-state index in [0.717, 1.165) is 12.8 Å². The van der Waals surface area contributed by atoms with Gasteiger partial charge in [-0.15, -0.1) is 0 Å². The first-order valence-electron chi connectivity index (χ1n) is 8.60. The van der Waals surface area contributed by atoms with E-state index in [2.05, 4.69) is 4.98 Å². The topological polar surface area (TPSA) is 79.5 Å². The molecule has 0 unspecified atom stereocenters. The van der Waals surface area contributed by atoms with Gasteiger partial charge >= 0.3 is 5.97 Å². The summed E-state index contributed by atoms with van der Waals surface area (Å²) in [5, 5.41) is 0. The van der Waals surface area contributed by atoms with Crippen molar-refractivity contribution in [3.63, 3.8) is 0 Å². The standard InChI is InChI=1S/C20H22N2O4/c1-12-17(13(2)21-18(12)20(25)26-3)16(23)11-22(15-9-10-15)19(24)14-7-5-4-6-8-14/h4-8,15,21H,9-11H2,1-3H3. The second-order valence-corrected chi connectivity index (χ2v) is 6.57. The molecule has 0 saturated heterocycles. The van der Waals surface area contributed by atoms with E-state index in [0.29, 0.717) is 22.4 Å². The van der Waals surface area contributed by atoms with Crippen LogP contribution < -0.4 is 0 Å². The summed E-state index contributed by atoms with van der Waals surface area (Å²) in [7, 11) is 1.30. The number of esters is 1. The number of carbonyl (C=O) groups excluding carboxylic acids is 3. The number of hydrogen-bond donors (Lipinski definition) is 1. The summed E-state index contributed by atoms with van der Waals surface area (Å²) in [6.45, 7) is 3.45. The molecule has 26 heavy (non-hydrogen) atoms. The number of ketones is 1. The highest BCUT2D eigenvalue weighted by Crippen LogP contribution is 2.29. The van der Waals surface area contributed by atoms with E-state index in [4.69, 9.17) is 4.74 Å². The van der Waals surface area contributed by atoms with Crippen LogP contribution in [0.2, 0.25) is 0 Å². The SMILES string of the molecule is COC(=O)c1[nH]c(C)c(C(=O)CN(C(=O)c2ccccc2)C2CC2)c1C. The van der Waals surface area contributed by atoms with Gasteiger partial charge in [0.05, 0.1) is 13.7 Å². The van der Waals surface area contributed by atoms with Crippen molar-refractivity contribution in [1.82, 2.24) is 9.88 Å². The van der Waals surface area contributed by atoms with Crippen molar-refractivity contribution in [3.8, 4) is 0 Å². The average Bonchev–Trinajstić information content (AvgIpc) is 3.44. The number of aromatic amines is 1. The second-order valence-electron chi connectivity index (χ2n) is 6.57. The zero-order chi connectivity index (χ0) is 18.8. The van der Waals surface area contributed by atoms with Gasteiger partial charge < -0.3 is 14.6 Å². The lowest BCUT2D eigenvalue weighted by Crippen LogP contribution is -2.37. The van der Waals surface area contributed by atoms with Gasteiger partial charge in [0.25, 0.3) is 5.91 Å². The Labute approximate surface area is 152 Å². The van der Waals surface area contributed by atoms with E-state index in [-0.39, 0.29) is 30.0 Å². The first kappa shape index (κ1) is 17.9. The predicted molar refractivity (Wildman–Crippen MR) is 96.4 cm³/mol. The Balaban J connectivity index is 1.85. The first-order chi connectivity index (χ1) is 12.4. The van der Waals surface area contributed by atoms with Crippen LogP contribution in [0.15, 0.2) is 30.3 Å². The fraction of sp³-hybridized carbons (Fsp3) is 0.350. The lowest BCUT2D eigenvalue weighted by atomic mass is 10.0. The molecule has 1 aliphatic rings. The maximum absolute atomic E-state index is 12.9. The zero-order valence-corrected chi connectivity index (χ0v) is 15.2. The molecule has 0 spiro atoms. The van der Waals surface area contributed by atoms with E-state index >= 15 is 0 Å². The van der Waals surface area contributed by atoms with Crippen LogP contribution >= 0.6 is 0 Å². The number of methoxy groups -OCH3 is 1. The molecule has 0 aliphatic heterocycles. The summed E-state index contributed by atoms with van der Waals surface area (Å²) in [4.78, 5) is 42.1. The van der Waals surface area contributed by atoms with Crippen LogP contribution in [0.25, 0.3) is 0 Å². The normalized spacial score (nSPS) is 13.3. The summed E-state index contributed by atoms with van der Waals surface area (Å²) in [5.41, 5.74) is 2.47. The number of nitrogens with zero attached hydrogens (tertiary/aromatic N) is 1. The highest BCUT2D eigenvalue weighted by atomic mass is 16.5. The van der Waals surface area contributed by atoms with Gasteiger partial charge in [0, 0.05) is 22.9 Å². The van der Waals surface area contributed by atoms with Gasteiger partial charge in [-0.25, -0.2) is 4.79 Å². The van der Waals surface area contributed by atoms with Crippen molar-refractivity contribution in [3.05, 3.63) is 58.4 Å². The fourth-order valence-electron chi connectivity index (χ4n) is 3.21. The molecule has 2 aromatic rings. The third-order valence-electron chi connectivity index (χ3n) is 4.69. The maximum atomic E-state index is 12.9. The number of rotatable bonds is 6. The molecule has 0 bridgehead atoms. The number of benzene rings is 1. The molecular formula is C20H22N2O4. The molecule has 6 heteroatoms. The Kier molecular flexibility index (Phi) is 4.93. The molecule has 1 saturated carbocycles. The molecule has 1 aliphatic carbocycles. The van der Waals surface area contributed by atoms with Gasteiger partial charge in [-0.05, 0) is 44.4 Å². The number of amides is 1. The maximum Gasteiger partial charge on any atom is 0.354 e. The van der Waals surface area contributed by atoms with Crippen molar-refractivity contribution >= 4 is 17.7 Å². The minimum absolute atomic E-state index is 0.00145. The Hall–Kier alpha value is -2.89. The van der Waals surface area contributed by atoms with Crippen LogP contribution in [0.1, 0.15) is 55.3 Å². The number of aryl methyl sites for hydroxylation is 1. The second kappa shape index (κ2) is 7.15. The lowest BCUT2D eigenvalue weighted by molar-refractivity contribution is 0.0593. The minimum Gasteiger partial charge on any atom is -0.464 e. The molecule has 6 nitrogen and oxygen atoms in total. The Morgan fingerprint density at radius 2 is 1.81 bits per heavy atom. The lowest BCUT2D eigenvalue weighted by Gasteiger charge is -2.22. The molecule has 1 aromatic heterocycles. The highest BCUT2D eigenvalue weighted by molar-refractivity contribution is 6.06. The molecule has 1 N–H and O–H groups in total. The Morgan fingerprint density at radius 1 is 1.15 bits per heavy atom. The third-order valence-corrected chi connectivity index (χ3v) is 4.69. The summed E-state index contributed by atoms with van der Waals surface area (Å²) >= 11 is 0. The Morgan fingerprint density at radius 3 is 2.38 bits per heavy atom. The van der Waals surface area contributed by atoms with Crippen LogP contribution in [0.3, 0.4) is 0 Å². The number of ether oxygens (including phenoxy) is 1. The first-order valence-corrected chi connectivity index (χ1v) is 8.60. The van der Waals surface area contributed by atoms with E-state index in [1.165, 1.54) is 7.11 Å². The van der Waals surface area contributed by atoms with Gasteiger partial charge in [-0.1, -0.05) is 18.2 Å². The number of H-pyrrole nitrogens is 1. The molecule has 1 aromatic carbocycles. The monoisotopic (exact) mass is 354 g/mol. The van der Waals surface area contributed by atoms with Gasteiger partial charge in [-0.2, -0.15) is 0 Å². The molecular weight excluding hydrogens is 332 g/mol. The van der Waals surface area contributed by atoms with Crippen molar-refractivity contribution in [1.29, 1.82) is 0 Å². The van der Waals surface area contributed by atoms with E-state index < -0.39 is 5.97 Å². The number of hydrogen-bond acceptors (Lipinski definition) is 4. The van der Waals surface area contributed by atoms with Gasteiger partial charge in [0.2, 0.25) is 0 Å². The molecule has 0 atom stereocenters. The predicted octanol–water partition coefficient (Wildman–Crippen LogP) is 2.91. The molecule has 136 valence electrons. The van der Waals surface area contributed by atoms with Crippen LogP contribution in [0.4, 0.5) is 0 Å². The number of carbonyl (C=O) groups is 3. The van der Waals surface area contributed by atoms with Crippen LogP contribution in [-0.2, 0) is 4.74 Å². The van der Waals surface area contributed by atoms with Gasteiger partial charge in [0.15, 0.2) is 5.78 Å². The number of Topliss-reactive ketones (excluding diaryl/α,β-unsaturated/α-hetero) is 1. The van der Waals surface area contributed by atoms with Crippen molar-refractivity contribution < 1.29 is 19.1 Å². The van der Waals surface area contributed by atoms with Crippen LogP contribution in [0, 0.1) is 13.8 Å². The van der Waals surface area contributed by atoms with Crippen molar-refractivity contribution in [2.24, 2.45) is 0 Å². The van der Waals surface area contributed by atoms with Gasteiger partial charge in [0.1, 0.15) is 5.69 Å². The summed E-state index contributed by atoms with van der Waals surface area (Å²) in [6, 6.07) is 9.08. The zero-order valence-electron chi connectivity index (χ0n) is 15.2. The molecule has 1 amide bonds. The average molecular weight is 354 g/mol. The highest BCUT2D eigenvalue weighted by Gasteiger charge is 2.35. The van der Waals surface area contributed by atoms with Crippen molar-refractivity contribution in [2.75, 3.05) is 13.7 Å². The van der Waals surface area contributed by atoms with E-state index in [1.807, 2.05) is 18.2 Å². The smallest absolute Gasteiger partial charge is 0.354 e. The van der Waals surface area contributed by atoms with Gasteiger partial charge in [-0.3, -0.25) is 9.59 Å². The van der Waals surface area contributed by atoms with Crippen LogP contribution in [0.5, 0.6) is 0 Å². The largest absolute Gasteiger partial charge is 0.464 e. The van der Waals surface area contributed by atoms with Crippen LogP contribution in [-0.4, -0.2) is 47.2 Å². The van der Waals surface area contributed by atoms with E-state index in [1.54, 1.807) is 30.9 Å². The summed E-state index contributed by atoms with van der Waals surface area (Å²) < 4.78 is 4.74. The minimum atomic E-state index is -0.510. The van der Waals surface area contributed by atoms with E-state index in [9.17, 15) is 14.4 Å². The number of nitrogens with one attached hydrogen (secondary N) is 1. The van der Waals surface area contributed by atoms with Crippen molar-refractivity contribution in [2.45, 2.75) is 32.7 Å². The summed E-state index contributed by atoms with van der Waals surface area (Å²) in [6.07, 6.45) is 1.81.